The van der Waals surface area contributed by atoms with Gasteiger partial charge in [-0.05, 0) is 37.5 Å². The van der Waals surface area contributed by atoms with Crippen molar-refractivity contribution < 1.29 is 17.6 Å². The lowest BCUT2D eigenvalue weighted by Gasteiger charge is -2.13. The minimum Gasteiger partial charge on any atom is -0.306 e. The van der Waals surface area contributed by atoms with Gasteiger partial charge in [0.2, 0.25) is 0 Å². The van der Waals surface area contributed by atoms with Gasteiger partial charge in [0.1, 0.15) is 11.6 Å². The molecular formula is C14H10F4N2O. The summed E-state index contributed by atoms with van der Waals surface area (Å²) in [7, 11) is 0. The average Bonchev–Trinajstić information content (AvgIpc) is 2.86. The first-order valence-corrected chi connectivity index (χ1v) is 6.35. The molecule has 0 radical (unpaired) electrons. The minimum absolute atomic E-state index is 0.243. The number of hydrogen-bond acceptors (Lipinski definition) is 2. The third-order valence-electron chi connectivity index (χ3n) is 3.48. The third kappa shape index (κ3) is 2.43. The molecule has 0 atom stereocenters. The van der Waals surface area contributed by atoms with Crippen LogP contribution in [0, 0.1) is 5.82 Å². The highest BCUT2D eigenvalue weighted by Gasteiger charge is 2.34. The lowest BCUT2D eigenvalue weighted by Crippen LogP contribution is -2.17. The molecule has 0 bridgehead atoms. The number of alkyl halides is 3. The maximum Gasteiger partial charge on any atom is 0.417 e. The van der Waals surface area contributed by atoms with Crippen LogP contribution in [0.4, 0.5) is 17.6 Å². The summed E-state index contributed by atoms with van der Waals surface area (Å²) in [6, 6.07) is 2.12. The molecule has 110 valence electrons. The zero-order chi connectivity index (χ0) is 15.2. The second kappa shape index (κ2) is 4.68. The van der Waals surface area contributed by atoms with Crippen LogP contribution in [0.2, 0.25) is 0 Å². The van der Waals surface area contributed by atoms with E-state index in [-0.39, 0.29) is 5.82 Å². The largest absolute Gasteiger partial charge is 0.417 e. The van der Waals surface area contributed by atoms with Crippen molar-refractivity contribution in [1.29, 1.82) is 0 Å². The maximum atomic E-state index is 13.3. The van der Waals surface area contributed by atoms with E-state index >= 15 is 0 Å². The van der Waals surface area contributed by atoms with Gasteiger partial charge < -0.3 is 4.98 Å². The van der Waals surface area contributed by atoms with E-state index in [1.165, 1.54) is 0 Å². The Balaban J connectivity index is 2.24. The van der Waals surface area contributed by atoms with Gasteiger partial charge >= 0.3 is 6.18 Å². The van der Waals surface area contributed by atoms with Crippen LogP contribution in [-0.4, -0.2) is 9.97 Å². The highest BCUT2D eigenvalue weighted by Crippen LogP contribution is 2.36. The summed E-state index contributed by atoms with van der Waals surface area (Å²) in [5.74, 6) is -1.06. The van der Waals surface area contributed by atoms with Crippen LogP contribution in [0.1, 0.15) is 23.2 Å². The smallest absolute Gasteiger partial charge is 0.306 e. The molecule has 7 heteroatoms. The summed E-state index contributed by atoms with van der Waals surface area (Å²) in [5.41, 5.74) is -0.931. The first-order valence-electron chi connectivity index (χ1n) is 6.35. The number of H-pyrrole nitrogens is 1. The number of nitrogens with one attached hydrogen (secondary N) is 1. The molecule has 1 aromatic carbocycles. The van der Waals surface area contributed by atoms with Crippen LogP contribution < -0.4 is 5.56 Å². The van der Waals surface area contributed by atoms with Crippen molar-refractivity contribution >= 4 is 0 Å². The Morgan fingerprint density at radius 2 is 1.95 bits per heavy atom. The predicted octanol–water partition coefficient (Wildman–Crippen LogP) is 3.08. The van der Waals surface area contributed by atoms with Gasteiger partial charge in [-0.25, -0.2) is 9.37 Å². The van der Waals surface area contributed by atoms with E-state index in [2.05, 4.69) is 9.97 Å². The molecule has 0 saturated heterocycles. The summed E-state index contributed by atoms with van der Waals surface area (Å²) < 4.78 is 52.3. The van der Waals surface area contributed by atoms with E-state index in [9.17, 15) is 22.4 Å². The summed E-state index contributed by atoms with van der Waals surface area (Å²) in [4.78, 5) is 18.3. The Bertz CT molecular complexity index is 765. The number of aromatic nitrogens is 2. The van der Waals surface area contributed by atoms with Crippen LogP contribution in [0.3, 0.4) is 0 Å². The summed E-state index contributed by atoms with van der Waals surface area (Å²) in [5, 5.41) is 0. The second-order valence-electron chi connectivity index (χ2n) is 4.88. The molecular weight excluding hydrogens is 288 g/mol. The van der Waals surface area contributed by atoms with Gasteiger partial charge in [-0.1, -0.05) is 0 Å². The number of nitrogens with zero attached hydrogens (tertiary/aromatic N) is 1. The lowest BCUT2D eigenvalue weighted by atomic mass is 10.1. The zero-order valence-corrected chi connectivity index (χ0v) is 10.7. The van der Waals surface area contributed by atoms with Crippen molar-refractivity contribution in [3.8, 4) is 11.4 Å². The molecule has 0 fully saturated rings. The van der Waals surface area contributed by atoms with Crippen molar-refractivity contribution in [3.63, 3.8) is 0 Å². The number of fused-ring (bicyclic) bond motifs is 1. The number of halogens is 4. The van der Waals surface area contributed by atoms with Crippen LogP contribution in [0.25, 0.3) is 11.4 Å². The van der Waals surface area contributed by atoms with Crippen molar-refractivity contribution in [2.24, 2.45) is 0 Å². The Hall–Kier alpha value is -2.18. The highest BCUT2D eigenvalue weighted by molar-refractivity contribution is 5.61. The molecule has 2 aromatic rings. The van der Waals surface area contributed by atoms with Gasteiger partial charge in [0.15, 0.2) is 0 Å². The molecule has 1 N–H and O–H groups in total. The lowest BCUT2D eigenvalue weighted by molar-refractivity contribution is -0.137. The maximum absolute atomic E-state index is 13.3. The van der Waals surface area contributed by atoms with E-state index in [4.69, 9.17) is 0 Å². The second-order valence-corrected chi connectivity index (χ2v) is 4.88. The fraction of sp³-hybridized carbons (Fsp3) is 0.286. The first-order chi connectivity index (χ1) is 9.86. The molecule has 0 aliphatic heterocycles. The van der Waals surface area contributed by atoms with Crippen LogP contribution >= 0.6 is 0 Å². The minimum atomic E-state index is -4.65. The van der Waals surface area contributed by atoms with Gasteiger partial charge in [-0.2, -0.15) is 13.2 Å². The van der Waals surface area contributed by atoms with Gasteiger partial charge in [0, 0.05) is 11.1 Å². The van der Waals surface area contributed by atoms with Gasteiger partial charge in [-0.15, -0.1) is 0 Å². The third-order valence-corrected chi connectivity index (χ3v) is 3.48. The molecule has 0 unspecified atom stereocenters. The fourth-order valence-corrected chi connectivity index (χ4v) is 2.53. The van der Waals surface area contributed by atoms with Crippen LogP contribution in [0.5, 0.6) is 0 Å². The highest BCUT2D eigenvalue weighted by atomic mass is 19.4. The SMILES string of the molecule is O=c1[nH]c(-c2cc(F)ccc2C(F)(F)F)nc2c1CCC2. The van der Waals surface area contributed by atoms with E-state index < -0.39 is 28.7 Å². The summed E-state index contributed by atoms with van der Waals surface area (Å²) in [6.45, 7) is 0. The van der Waals surface area contributed by atoms with Crippen molar-refractivity contribution in [3.05, 3.63) is 51.2 Å². The van der Waals surface area contributed by atoms with Crippen molar-refractivity contribution in [1.82, 2.24) is 9.97 Å². The van der Waals surface area contributed by atoms with E-state index in [0.717, 1.165) is 18.6 Å². The number of benzene rings is 1. The zero-order valence-electron chi connectivity index (χ0n) is 10.7. The summed E-state index contributed by atoms with van der Waals surface area (Å²) >= 11 is 0. The molecule has 0 amide bonds. The van der Waals surface area contributed by atoms with Gasteiger partial charge in [0.05, 0.1) is 11.3 Å². The number of hydrogen-bond donors (Lipinski definition) is 1. The van der Waals surface area contributed by atoms with E-state index in [0.29, 0.717) is 30.2 Å². The monoisotopic (exact) mass is 298 g/mol. The van der Waals surface area contributed by atoms with E-state index in [1.54, 1.807) is 0 Å². The summed E-state index contributed by atoms with van der Waals surface area (Å²) in [6.07, 6.45) is -2.80. The van der Waals surface area contributed by atoms with Crippen LogP contribution in [0.15, 0.2) is 23.0 Å². The Morgan fingerprint density at radius 1 is 1.19 bits per heavy atom. The normalized spacial score (nSPS) is 14.3. The molecule has 1 aliphatic carbocycles. The van der Waals surface area contributed by atoms with Gasteiger partial charge in [-0.3, -0.25) is 4.79 Å². The molecule has 0 saturated carbocycles. The van der Waals surface area contributed by atoms with Crippen molar-refractivity contribution in [2.75, 3.05) is 0 Å². The number of aryl methyl sites for hydroxylation is 1. The Labute approximate surface area is 116 Å². The van der Waals surface area contributed by atoms with Crippen LogP contribution in [-0.2, 0) is 19.0 Å². The average molecular weight is 298 g/mol. The molecule has 3 rings (SSSR count). The van der Waals surface area contributed by atoms with Gasteiger partial charge in [0.25, 0.3) is 5.56 Å². The standard InChI is InChI=1S/C14H10F4N2O/c15-7-4-5-10(14(16,17)18)9(6-7)12-19-11-3-1-2-8(11)13(21)20-12/h4-6H,1-3H2,(H,19,20,21). The quantitative estimate of drug-likeness (QED) is 0.822. The molecule has 3 nitrogen and oxygen atoms in total. The topological polar surface area (TPSA) is 45.8 Å². The molecule has 21 heavy (non-hydrogen) atoms. The number of rotatable bonds is 1. The Kier molecular flexibility index (Phi) is 3.07. The Morgan fingerprint density at radius 3 is 2.67 bits per heavy atom. The van der Waals surface area contributed by atoms with E-state index in [1.807, 2.05) is 0 Å². The fourth-order valence-electron chi connectivity index (χ4n) is 2.53. The molecule has 1 aliphatic rings. The molecule has 1 heterocycles. The first kappa shape index (κ1) is 13.8. The predicted molar refractivity (Wildman–Crippen MR) is 67.3 cm³/mol. The molecule has 1 aromatic heterocycles. The molecule has 0 spiro atoms. The van der Waals surface area contributed by atoms with Crippen molar-refractivity contribution in [2.45, 2.75) is 25.4 Å². The number of aromatic amines is 1.